The number of aliphatic hydroxyl groups is 1. The lowest BCUT2D eigenvalue weighted by Crippen LogP contribution is -2.45. The SMILES string of the molecule is COc1cc(N[C@H](C2CCCCC2)[C@@H](O)C2CCCCC2)cc(OC)c1OC. The van der Waals surface area contributed by atoms with Gasteiger partial charge in [-0.25, -0.2) is 0 Å². The van der Waals surface area contributed by atoms with Crippen LogP contribution in [-0.2, 0) is 0 Å². The van der Waals surface area contributed by atoms with Crippen LogP contribution >= 0.6 is 0 Å². The first-order valence-electron chi connectivity index (χ1n) is 10.9. The largest absolute Gasteiger partial charge is 0.493 e. The molecule has 2 N–H and O–H groups in total. The summed E-state index contributed by atoms with van der Waals surface area (Å²) in [6.07, 6.45) is 11.9. The first-order valence-corrected chi connectivity index (χ1v) is 10.9. The maximum absolute atomic E-state index is 11.4. The van der Waals surface area contributed by atoms with Gasteiger partial charge in [0.05, 0.1) is 33.5 Å². The lowest BCUT2D eigenvalue weighted by atomic mass is 9.75. The predicted octanol–water partition coefficient (Wildman–Crippen LogP) is 5.01. The molecule has 2 saturated carbocycles. The molecule has 1 aromatic rings. The Morgan fingerprint density at radius 1 is 0.786 bits per heavy atom. The number of rotatable bonds is 8. The maximum atomic E-state index is 11.4. The van der Waals surface area contributed by atoms with E-state index in [4.69, 9.17) is 14.2 Å². The molecule has 28 heavy (non-hydrogen) atoms. The van der Waals surface area contributed by atoms with E-state index in [9.17, 15) is 5.11 Å². The highest BCUT2D eigenvalue weighted by Gasteiger charge is 2.35. The van der Waals surface area contributed by atoms with E-state index in [1.807, 2.05) is 12.1 Å². The average Bonchev–Trinajstić information content (AvgIpc) is 2.77. The van der Waals surface area contributed by atoms with Crippen LogP contribution in [-0.4, -0.2) is 38.6 Å². The lowest BCUT2D eigenvalue weighted by Gasteiger charge is -2.39. The molecule has 2 fully saturated rings. The van der Waals surface area contributed by atoms with Gasteiger partial charge in [-0.05, 0) is 37.5 Å². The van der Waals surface area contributed by atoms with Crippen molar-refractivity contribution in [1.29, 1.82) is 0 Å². The molecule has 0 heterocycles. The van der Waals surface area contributed by atoms with Crippen LogP contribution in [0.25, 0.3) is 0 Å². The molecule has 2 atom stereocenters. The Morgan fingerprint density at radius 2 is 1.29 bits per heavy atom. The van der Waals surface area contributed by atoms with Crippen LogP contribution in [0.3, 0.4) is 0 Å². The first-order chi connectivity index (χ1) is 13.7. The van der Waals surface area contributed by atoms with E-state index in [-0.39, 0.29) is 12.1 Å². The molecule has 0 radical (unpaired) electrons. The van der Waals surface area contributed by atoms with Crippen molar-refractivity contribution in [2.24, 2.45) is 11.8 Å². The van der Waals surface area contributed by atoms with Crippen molar-refractivity contribution in [2.45, 2.75) is 76.4 Å². The quantitative estimate of drug-likeness (QED) is 0.652. The molecule has 1 aromatic carbocycles. The number of methoxy groups -OCH3 is 3. The predicted molar refractivity (Wildman–Crippen MR) is 113 cm³/mol. The van der Waals surface area contributed by atoms with Gasteiger partial charge in [0, 0.05) is 17.8 Å². The van der Waals surface area contributed by atoms with Crippen molar-refractivity contribution in [3.05, 3.63) is 12.1 Å². The fourth-order valence-electron chi connectivity index (χ4n) is 5.10. The molecule has 0 spiro atoms. The molecule has 2 aliphatic rings. The van der Waals surface area contributed by atoms with Crippen molar-refractivity contribution in [2.75, 3.05) is 26.6 Å². The Balaban J connectivity index is 1.85. The number of ether oxygens (including phenoxy) is 3. The van der Waals surface area contributed by atoms with E-state index in [2.05, 4.69) is 5.32 Å². The summed E-state index contributed by atoms with van der Waals surface area (Å²) in [5.41, 5.74) is 0.917. The second-order valence-corrected chi connectivity index (χ2v) is 8.37. The van der Waals surface area contributed by atoms with Gasteiger partial charge >= 0.3 is 0 Å². The monoisotopic (exact) mass is 391 g/mol. The zero-order chi connectivity index (χ0) is 19.9. The maximum Gasteiger partial charge on any atom is 0.203 e. The molecule has 158 valence electrons. The number of hydrogen-bond donors (Lipinski definition) is 2. The van der Waals surface area contributed by atoms with Gasteiger partial charge in [-0.15, -0.1) is 0 Å². The molecule has 2 aliphatic carbocycles. The summed E-state index contributed by atoms with van der Waals surface area (Å²) in [5, 5.41) is 15.0. The van der Waals surface area contributed by atoms with E-state index < -0.39 is 0 Å². The molecular formula is C23H37NO4. The van der Waals surface area contributed by atoms with Gasteiger partial charge in [-0.3, -0.25) is 0 Å². The highest BCUT2D eigenvalue weighted by Crippen LogP contribution is 2.41. The van der Waals surface area contributed by atoms with E-state index in [0.717, 1.165) is 18.5 Å². The van der Waals surface area contributed by atoms with E-state index in [1.165, 1.54) is 51.4 Å². The molecule has 0 aromatic heterocycles. The van der Waals surface area contributed by atoms with E-state index >= 15 is 0 Å². The Bertz CT molecular complexity index is 584. The molecule has 3 rings (SSSR count). The molecule has 0 saturated heterocycles. The molecule has 0 bridgehead atoms. The molecule has 0 unspecified atom stereocenters. The van der Waals surface area contributed by atoms with Gasteiger partial charge in [-0.1, -0.05) is 38.5 Å². The van der Waals surface area contributed by atoms with Crippen LogP contribution in [0.2, 0.25) is 0 Å². The number of hydrogen-bond acceptors (Lipinski definition) is 5. The van der Waals surface area contributed by atoms with Crippen LogP contribution < -0.4 is 19.5 Å². The summed E-state index contributed by atoms with van der Waals surface area (Å²) in [7, 11) is 4.89. The van der Waals surface area contributed by atoms with Gasteiger partial charge < -0.3 is 24.6 Å². The van der Waals surface area contributed by atoms with Crippen molar-refractivity contribution in [1.82, 2.24) is 0 Å². The van der Waals surface area contributed by atoms with Gasteiger partial charge in [0.15, 0.2) is 11.5 Å². The molecule has 0 aliphatic heterocycles. The fraction of sp³-hybridized carbons (Fsp3) is 0.739. The van der Waals surface area contributed by atoms with Crippen molar-refractivity contribution >= 4 is 5.69 Å². The van der Waals surface area contributed by atoms with E-state index in [0.29, 0.717) is 29.1 Å². The Labute approximate surface area is 169 Å². The van der Waals surface area contributed by atoms with Crippen molar-refractivity contribution in [3.8, 4) is 17.2 Å². The number of aliphatic hydroxyl groups excluding tert-OH is 1. The van der Waals surface area contributed by atoms with Crippen LogP contribution in [0.1, 0.15) is 64.2 Å². The second-order valence-electron chi connectivity index (χ2n) is 8.37. The van der Waals surface area contributed by atoms with Crippen LogP contribution in [0.5, 0.6) is 17.2 Å². The summed E-state index contributed by atoms with van der Waals surface area (Å²) in [6, 6.07) is 3.96. The van der Waals surface area contributed by atoms with Crippen molar-refractivity contribution in [3.63, 3.8) is 0 Å². The summed E-state index contributed by atoms with van der Waals surface area (Å²) < 4.78 is 16.5. The average molecular weight is 392 g/mol. The summed E-state index contributed by atoms with van der Waals surface area (Å²) in [5.74, 6) is 2.77. The normalized spacial score (nSPS) is 21.0. The highest BCUT2D eigenvalue weighted by molar-refractivity contribution is 5.63. The van der Waals surface area contributed by atoms with Gasteiger partial charge in [0.1, 0.15) is 0 Å². The zero-order valence-electron chi connectivity index (χ0n) is 17.7. The Hall–Kier alpha value is -1.62. The van der Waals surface area contributed by atoms with Gasteiger partial charge in [0.2, 0.25) is 5.75 Å². The standard InChI is InChI=1S/C23H37NO4/c1-26-19-14-18(15-20(27-2)23(19)28-3)24-21(16-10-6-4-7-11-16)22(25)17-12-8-5-9-13-17/h14-17,21-22,24-25H,4-13H2,1-3H3/t21-,22+/m1/s1. The smallest absolute Gasteiger partial charge is 0.203 e. The summed E-state index contributed by atoms with van der Waals surface area (Å²) in [6.45, 7) is 0. The second kappa shape index (κ2) is 10.2. The van der Waals surface area contributed by atoms with Gasteiger partial charge in [-0.2, -0.15) is 0 Å². The summed E-state index contributed by atoms with van der Waals surface area (Å²) in [4.78, 5) is 0. The Kier molecular flexibility index (Phi) is 7.72. The minimum atomic E-state index is -0.317. The third kappa shape index (κ3) is 4.86. The first kappa shape index (κ1) is 21.1. The molecular weight excluding hydrogens is 354 g/mol. The topological polar surface area (TPSA) is 60.0 Å². The third-order valence-corrected chi connectivity index (χ3v) is 6.66. The van der Waals surface area contributed by atoms with Crippen LogP contribution in [0, 0.1) is 11.8 Å². The van der Waals surface area contributed by atoms with E-state index in [1.54, 1.807) is 21.3 Å². The number of anilines is 1. The Morgan fingerprint density at radius 3 is 1.75 bits per heavy atom. The zero-order valence-corrected chi connectivity index (χ0v) is 17.7. The third-order valence-electron chi connectivity index (χ3n) is 6.66. The van der Waals surface area contributed by atoms with Crippen molar-refractivity contribution < 1.29 is 19.3 Å². The summed E-state index contributed by atoms with van der Waals surface area (Å²) >= 11 is 0. The van der Waals surface area contributed by atoms with Crippen LogP contribution in [0.15, 0.2) is 12.1 Å². The van der Waals surface area contributed by atoms with Gasteiger partial charge in [0.25, 0.3) is 0 Å². The number of benzene rings is 1. The molecule has 5 heteroatoms. The minimum absolute atomic E-state index is 0.0613. The molecule has 0 amide bonds. The minimum Gasteiger partial charge on any atom is -0.493 e. The lowest BCUT2D eigenvalue weighted by molar-refractivity contribution is 0.0440. The number of nitrogens with one attached hydrogen (secondary N) is 1. The van der Waals surface area contributed by atoms with Crippen LogP contribution in [0.4, 0.5) is 5.69 Å². The highest BCUT2D eigenvalue weighted by atomic mass is 16.5. The fourth-order valence-corrected chi connectivity index (χ4v) is 5.10. The molecule has 5 nitrogen and oxygen atoms in total.